The van der Waals surface area contributed by atoms with Gasteiger partial charge < -0.3 is 10.6 Å². The number of nitrogens with zero attached hydrogens (tertiary/aromatic N) is 4. The smallest absolute Gasteiger partial charge is 0.210 e. The number of hydrogen-bond acceptors (Lipinski definition) is 8. The minimum atomic E-state index is 0.821. The monoisotopic (exact) mass is 394 g/mol. The molecule has 8 heteroatoms. The van der Waals surface area contributed by atoms with E-state index in [1.807, 2.05) is 60.7 Å². The Balaban J connectivity index is 1.25. The van der Waals surface area contributed by atoms with Crippen molar-refractivity contribution in [2.24, 2.45) is 0 Å². The lowest BCUT2D eigenvalue weighted by Crippen LogP contribution is -1.89. The third-order valence-electron chi connectivity index (χ3n) is 3.77. The van der Waals surface area contributed by atoms with Gasteiger partial charge in [-0.1, -0.05) is 59.1 Å². The highest BCUT2D eigenvalue weighted by atomic mass is 32.1. The van der Waals surface area contributed by atoms with E-state index in [9.17, 15) is 0 Å². The van der Waals surface area contributed by atoms with E-state index in [1.165, 1.54) is 0 Å². The molecule has 0 aliphatic heterocycles. The summed E-state index contributed by atoms with van der Waals surface area (Å²) >= 11 is 3.18. The molecule has 0 saturated heterocycles. The molecule has 0 atom stereocenters. The molecule has 0 unspecified atom stereocenters. The van der Waals surface area contributed by atoms with E-state index in [0.29, 0.717) is 0 Å². The number of aromatic nitrogens is 4. The molecule has 136 valence electrons. The summed E-state index contributed by atoms with van der Waals surface area (Å²) in [4.78, 5) is 0. The highest BCUT2D eigenvalue weighted by molar-refractivity contribution is 7.15. The number of nitrogens with one attached hydrogen (secondary N) is 2. The first-order valence-corrected chi connectivity index (χ1v) is 10.3. The van der Waals surface area contributed by atoms with Gasteiger partial charge in [0.2, 0.25) is 10.3 Å². The van der Waals surface area contributed by atoms with Gasteiger partial charge in [0.15, 0.2) is 0 Å². The van der Waals surface area contributed by atoms with Crippen LogP contribution in [0.5, 0.6) is 0 Å². The van der Waals surface area contributed by atoms with Crippen molar-refractivity contribution >= 4 is 44.3 Å². The first-order valence-electron chi connectivity index (χ1n) is 8.64. The van der Waals surface area contributed by atoms with E-state index in [1.54, 1.807) is 22.7 Å². The molecule has 0 aliphatic carbocycles. The summed E-state index contributed by atoms with van der Waals surface area (Å²) < 4.78 is 0. The van der Waals surface area contributed by atoms with Crippen molar-refractivity contribution in [3.05, 3.63) is 70.7 Å². The second-order valence-corrected chi connectivity index (χ2v) is 7.96. The van der Waals surface area contributed by atoms with Gasteiger partial charge in [0.05, 0.1) is 0 Å². The Labute approximate surface area is 165 Å². The van der Waals surface area contributed by atoms with Gasteiger partial charge >= 0.3 is 0 Å². The third-order valence-corrected chi connectivity index (χ3v) is 5.56. The number of anilines is 4. The zero-order valence-electron chi connectivity index (χ0n) is 14.5. The first-order chi connectivity index (χ1) is 13.3. The van der Waals surface area contributed by atoms with Crippen molar-refractivity contribution in [2.45, 2.75) is 19.3 Å². The second kappa shape index (κ2) is 8.70. The fourth-order valence-corrected chi connectivity index (χ4v) is 4.09. The summed E-state index contributed by atoms with van der Waals surface area (Å²) in [6.45, 7) is 0. The van der Waals surface area contributed by atoms with Crippen molar-refractivity contribution in [2.75, 3.05) is 10.6 Å². The van der Waals surface area contributed by atoms with Gasteiger partial charge in [0.1, 0.15) is 10.0 Å². The van der Waals surface area contributed by atoms with Crippen molar-refractivity contribution in [1.82, 2.24) is 20.4 Å². The molecule has 4 rings (SSSR count). The van der Waals surface area contributed by atoms with Crippen molar-refractivity contribution in [1.29, 1.82) is 0 Å². The topological polar surface area (TPSA) is 75.6 Å². The Bertz CT molecular complexity index is 888. The highest BCUT2D eigenvalue weighted by Crippen LogP contribution is 2.24. The molecule has 2 N–H and O–H groups in total. The molecular weight excluding hydrogens is 376 g/mol. The Kier molecular flexibility index (Phi) is 5.66. The molecule has 0 aliphatic rings. The molecule has 0 bridgehead atoms. The Morgan fingerprint density at radius 1 is 0.593 bits per heavy atom. The molecule has 4 aromatic rings. The molecule has 2 aromatic carbocycles. The third kappa shape index (κ3) is 5.08. The van der Waals surface area contributed by atoms with Gasteiger partial charge in [-0.25, -0.2) is 0 Å². The molecule has 2 aromatic heterocycles. The average Bonchev–Trinajstić information content (AvgIpc) is 3.33. The maximum absolute atomic E-state index is 4.27. The molecule has 0 radical (unpaired) electrons. The molecule has 0 fully saturated rings. The molecule has 27 heavy (non-hydrogen) atoms. The fourth-order valence-electron chi connectivity index (χ4n) is 2.49. The van der Waals surface area contributed by atoms with Crippen molar-refractivity contribution in [3.63, 3.8) is 0 Å². The molecule has 0 spiro atoms. The van der Waals surface area contributed by atoms with Gasteiger partial charge in [0.25, 0.3) is 0 Å². The van der Waals surface area contributed by atoms with E-state index in [0.717, 1.165) is 50.9 Å². The summed E-state index contributed by atoms with van der Waals surface area (Å²) in [5, 5.41) is 27.2. The number of para-hydroxylation sites is 2. The average molecular weight is 395 g/mol. The minimum absolute atomic E-state index is 0.821. The van der Waals surface area contributed by atoms with Gasteiger partial charge in [0, 0.05) is 24.2 Å². The Morgan fingerprint density at radius 3 is 1.48 bits per heavy atom. The molecule has 0 saturated carbocycles. The normalized spacial score (nSPS) is 10.7. The van der Waals surface area contributed by atoms with Crippen LogP contribution in [0.1, 0.15) is 16.4 Å². The fraction of sp³-hybridized carbons (Fsp3) is 0.158. The summed E-state index contributed by atoms with van der Waals surface area (Å²) in [5.74, 6) is 0. The predicted octanol–water partition coefficient (Wildman–Crippen LogP) is 5.05. The van der Waals surface area contributed by atoms with Crippen LogP contribution < -0.4 is 10.6 Å². The molecule has 6 nitrogen and oxygen atoms in total. The summed E-state index contributed by atoms with van der Waals surface area (Å²) in [6, 6.07) is 20.0. The van der Waals surface area contributed by atoms with Crippen LogP contribution in [0.3, 0.4) is 0 Å². The Morgan fingerprint density at radius 2 is 1.04 bits per heavy atom. The lowest BCUT2D eigenvalue weighted by atomic mass is 10.2. The van der Waals surface area contributed by atoms with E-state index in [4.69, 9.17) is 0 Å². The summed E-state index contributed by atoms with van der Waals surface area (Å²) in [7, 11) is 0. The molecule has 0 amide bonds. The quantitative estimate of drug-likeness (QED) is 0.435. The van der Waals surface area contributed by atoms with Crippen LogP contribution in [0.15, 0.2) is 60.7 Å². The van der Waals surface area contributed by atoms with Gasteiger partial charge in [-0.2, -0.15) is 0 Å². The summed E-state index contributed by atoms with van der Waals surface area (Å²) in [6.07, 6.45) is 2.74. The number of rotatable bonds is 8. The maximum atomic E-state index is 4.27. The molecular formula is C19H18N6S2. The van der Waals surface area contributed by atoms with Crippen LogP contribution in [-0.4, -0.2) is 20.4 Å². The van der Waals surface area contributed by atoms with Crippen molar-refractivity contribution < 1.29 is 0 Å². The number of aryl methyl sites for hydroxylation is 2. The predicted molar refractivity (Wildman–Crippen MR) is 111 cm³/mol. The van der Waals surface area contributed by atoms with Gasteiger partial charge in [-0.05, 0) is 30.7 Å². The zero-order chi connectivity index (χ0) is 18.3. The zero-order valence-corrected chi connectivity index (χ0v) is 16.1. The van der Waals surface area contributed by atoms with E-state index < -0.39 is 0 Å². The van der Waals surface area contributed by atoms with Crippen LogP contribution >= 0.6 is 22.7 Å². The standard InChI is InChI=1S/C19H18N6S2/c1-3-8-14(9-4-1)20-18-24-22-16(26-18)12-7-13-17-23-25-19(27-17)21-15-10-5-2-6-11-15/h1-6,8-11H,7,12-13H2,(H,20,24)(H,21,25). The first kappa shape index (κ1) is 17.6. The van der Waals surface area contributed by atoms with Crippen LogP contribution in [0.2, 0.25) is 0 Å². The Hall–Kier alpha value is -2.84. The van der Waals surface area contributed by atoms with E-state index >= 15 is 0 Å². The lowest BCUT2D eigenvalue weighted by Gasteiger charge is -1.99. The lowest BCUT2D eigenvalue weighted by molar-refractivity contribution is 0.787. The van der Waals surface area contributed by atoms with Gasteiger partial charge in [-0.3, -0.25) is 0 Å². The van der Waals surface area contributed by atoms with Crippen LogP contribution in [0.4, 0.5) is 21.6 Å². The SMILES string of the molecule is c1ccc(Nc2nnc(CCCc3nnc(Nc4ccccc4)s3)s2)cc1. The van der Waals surface area contributed by atoms with E-state index in [2.05, 4.69) is 31.0 Å². The highest BCUT2D eigenvalue weighted by Gasteiger charge is 2.07. The maximum Gasteiger partial charge on any atom is 0.210 e. The van der Waals surface area contributed by atoms with Crippen LogP contribution in [0, 0.1) is 0 Å². The largest absolute Gasteiger partial charge is 0.330 e. The number of benzene rings is 2. The van der Waals surface area contributed by atoms with Crippen LogP contribution in [0.25, 0.3) is 0 Å². The van der Waals surface area contributed by atoms with Crippen LogP contribution in [-0.2, 0) is 12.8 Å². The molecule has 2 heterocycles. The number of hydrogen-bond donors (Lipinski definition) is 2. The summed E-state index contributed by atoms with van der Waals surface area (Å²) in [5.41, 5.74) is 2.04. The second-order valence-electron chi connectivity index (χ2n) is 5.84. The minimum Gasteiger partial charge on any atom is -0.330 e. The van der Waals surface area contributed by atoms with E-state index in [-0.39, 0.29) is 0 Å². The van der Waals surface area contributed by atoms with Gasteiger partial charge in [-0.15, -0.1) is 20.4 Å². The van der Waals surface area contributed by atoms with Crippen molar-refractivity contribution in [3.8, 4) is 0 Å².